The van der Waals surface area contributed by atoms with Crippen LogP contribution >= 0.6 is 0 Å². The molecule has 2 aromatic rings. The maximum atomic E-state index is 11.6. The first-order chi connectivity index (χ1) is 18.4. The highest BCUT2D eigenvalue weighted by atomic mass is 16.6. The Morgan fingerprint density at radius 1 is 1.18 bits per heavy atom. The summed E-state index contributed by atoms with van der Waals surface area (Å²) < 4.78 is 17.7. The average molecular weight is 523 g/mol. The molecule has 204 valence electrons. The van der Waals surface area contributed by atoms with Gasteiger partial charge in [-0.2, -0.15) is 0 Å². The van der Waals surface area contributed by atoms with Crippen LogP contribution in [0.5, 0.6) is 5.75 Å². The molecular formula is C28H38N6O4. The Labute approximate surface area is 223 Å². The molecule has 0 radical (unpaired) electrons. The van der Waals surface area contributed by atoms with Gasteiger partial charge in [-0.1, -0.05) is 13.8 Å². The van der Waals surface area contributed by atoms with Crippen LogP contribution in [0.25, 0.3) is 11.3 Å². The van der Waals surface area contributed by atoms with E-state index in [-0.39, 0.29) is 23.7 Å². The van der Waals surface area contributed by atoms with E-state index in [1.165, 1.54) is 6.33 Å². The number of carbonyl (C=O) groups is 1. The fourth-order valence-corrected chi connectivity index (χ4v) is 6.54. The molecule has 4 aliphatic rings. The molecule has 38 heavy (non-hydrogen) atoms. The standard InChI is InChI=1S/C28H38N6O4/c1-28(2)13-21-20(25-23(28)26(29)33-16-32-25)7-8-22(24(21)30-14-19-15-31-27(35)38-19)37-18-5-3-17(4-6-18)34-9-11-36-12-10-34/h7-8,16-19,30H,3-6,9-15H2,1-2H3,(H,31,35)(H2,29,32,33)/t17?,18?,19-/m1/s1. The molecule has 3 fully saturated rings. The van der Waals surface area contributed by atoms with Crippen LogP contribution in [0.4, 0.5) is 16.3 Å². The van der Waals surface area contributed by atoms with Gasteiger partial charge in [0.05, 0.1) is 43.8 Å². The van der Waals surface area contributed by atoms with Gasteiger partial charge in [0.2, 0.25) is 0 Å². The number of hydrogen-bond acceptors (Lipinski definition) is 9. The van der Waals surface area contributed by atoms with Gasteiger partial charge in [0.1, 0.15) is 24.0 Å². The lowest BCUT2D eigenvalue weighted by molar-refractivity contribution is -0.000983. The predicted molar refractivity (Wildman–Crippen MR) is 144 cm³/mol. The first-order valence-electron chi connectivity index (χ1n) is 13.8. The third kappa shape index (κ3) is 4.87. The largest absolute Gasteiger partial charge is 0.488 e. The molecule has 3 heterocycles. The number of alkyl carbamates (subject to hydrolysis) is 1. The molecule has 0 unspecified atom stereocenters. The van der Waals surface area contributed by atoms with Crippen molar-refractivity contribution in [3.8, 4) is 17.0 Å². The van der Waals surface area contributed by atoms with Crippen LogP contribution in [0.15, 0.2) is 18.5 Å². The van der Waals surface area contributed by atoms with Gasteiger partial charge in [-0.3, -0.25) is 4.90 Å². The number of morpholine rings is 1. The van der Waals surface area contributed by atoms with Crippen molar-refractivity contribution in [1.82, 2.24) is 20.2 Å². The van der Waals surface area contributed by atoms with Crippen molar-refractivity contribution in [3.05, 3.63) is 29.6 Å². The van der Waals surface area contributed by atoms with Gasteiger partial charge in [-0.25, -0.2) is 14.8 Å². The van der Waals surface area contributed by atoms with E-state index >= 15 is 0 Å². The normalized spacial score (nSPS) is 26.6. The van der Waals surface area contributed by atoms with Gasteiger partial charge in [-0.05, 0) is 55.2 Å². The Bertz CT molecular complexity index is 1190. The SMILES string of the molecule is CC1(C)Cc2c(ccc(OC3CCC(N4CCOCC4)CC3)c2NC[C@@H]2CNC(=O)O2)-c2ncnc(N)c21. The average Bonchev–Trinajstić information content (AvgIpc) is 3.33. The number of amides is 1. The monoisotopic (exact) mass is 522 g/mol. The number of nitrogen functional groups attached to an aromatic ring is 1. The summed E-state index contributed by atoms with van der Waals surface area (Å²) in [5, 5.41) is 6.34. The lowest BCUT2D eigenvalue weighted by atomic mass is 9.71. The Hall–Kier alpha value is -3.11. The summed E-state index contributed by atoms with van der Waals surface area (Å²) >= 11 is 0. The Morgan fingerprint density at radius 2 is 1.97 bits per heavy atom. The maximum absolute atomic E-state index is 11.6. The van der Waals surface area contributed by atoms with E-state index in [2.05, 4.69) is 51.5 Å². The minimum atomic E-state index is -0.373. The van der Waals surface area contributed by atoms with Gasteiger partial charge in [0.15, 0.2) is 0 Å². The van der Waals surface area contributed by atoms with Crippen LogP contribution in [-0.4, -0.2) is 78.6 Å². The summed E-state index contributed by atoms with van der Waals surface area (Å²) in [4.78, 5) is 23.1. The quantitative estimate of drug-likeness (QED) is 0.525. The number of nitrogens with one attached hydrogen (secondary N) is 2. The van der Waals surface area contributed by atoms with Crippen molar-refractivity contribution in [2.24, 2.45) is 0 Å². The summed E-state index contributed by atoms with van der Waals surface area (Å²) in [6.45, 7) is 9.07. The number of cyclic esters (lactones) is 1. The predicted octanol–water partition coefficient (Wildman–Crippen LogP) is 3.10. The molecule has 2 saturated heterocycles. The van der Waals surface area contributed by atoms with Gasteiger partial charge < -0.3 is 30.6 Å². The molecule has 10 nitrogen and oxygen atoms in total. The van der Waals surface area contributed by atoms with Crippen molar-refractivity contribution in [2.75, 3.05) is 50.4 Å². The zero-order chi connectivity index (χ0) is 26.3. The summed E-state index contributed by atoms with van der Waals surface area (Å²) in [7, 11) is 0. The second kappa shape index (κ2) is 10.2. The molecule has 1 amide bonds. The Kier molecular flexibility index (Phi) is 6.77. The molecule has 4 N–H and O–H groups in total. The lowest BCUT2D eigenvalue weighted by Crippen LogP contribution is -2.46. The van der Waals surface area contributed by atoms with Crippen LogP contribution in [0, 0.1) is 0 Å². The zero-order valence-electron chi connectivity index (χ0n) is 22.3. The van der Waals surface area contributed by atoms with Gasteiger partial charge in [0.25, 0.3) is 0 Å². The van der Waals surface area contributed by atoms with E-state index in [0.717, 1.165) is 92.2 Å². The number of nitrogens with two attached hydrogens (primary N) is 1. The summed E-state index contributed by atoms with van der Waals surface area (Å²) in [6, 6.07) is 4.77. The Morgan fingerprint density at radius 3 is 2.71 bits per heavy atom. The first kappa shape index (κ1) is 25.2. The zero-order valence-corrected chi connectivity index (χ0v) is 22.3. The fraction of sp³-hybridized carbons (Fsp3) is 0.607. The van der Waals surface area contributed by atoms with Gasteiger partial charge >= 0.3 is 6.09 Å². The summed E-state index contributed by atoms with van der Waals surface area (Å²) in [5.41, 5.74) is 11.1. The van der Waals surface area contributed by atoms with Crippen molar-refractivity contribution in [3.63, 3.8) is 0 Å². The molecule has 0 bridgehead atoms. The second-order valence-corrected chi connectivity index (χ2v) is 11.5. The fourth-order valence-electron chi connectivity index (χ4n) is 6.54. The van der Waals surface area contributed by atoms with Crippen LogP contribution in [0.1, 0.15) is 50.7 Å². The van der Waals surface area contributed by atoms with Crippen molar-refractivity contribution < 1.29 is 19.0 Å². The van der Waals surface area contributed by atoms with Crippen LogP contribution in [-0.2, 0) is 21.3 Å². The smallest absolute Gasteiger partial charge is 0.407 e. The van der Waals surface area contributed by atoms with E-state index in [9.17, 15) is 4.79 Å². The number of rotatable bonds is 6. The number of fused-ring (bicyclic) bond motifs is 3. The molecular weight excluding hydrogens is 484 g/mol. The molecule has 2 aliphatic heterocycles. The number of benzene rings is 1. The minimum absolute atomic E-state index is 0.165. The highest BCUT2D eigenvalue weighted by Crippen LogP contribution is 2.48. The highest BCUT2D eigenvalue weighted by Gasteiger charge is 2.37. The molecule has 10 heteroatoms. The molecule has 1 atom stereocenters. The third-order valence-corrected chi connectivity index (χ3v) is 8.46. The third-order valence-electron chi connectivity index (χ3n) is 8.46. The van der Waals surface area contributed by atoms with Crippen LogP contribution in [0.3, 0.4) is 0 Å². The van der Waals surface area contributed by atoms with E-state index in [1.54, 1.807) is 0 Å². The molecule has 1 saturated carbocycles. The Balaban J connectivity index is 1.27. The number of anilines is 2. The first-order valence-corrected chi connectivity index (χ1v) is 13.8. The molecule has 1 aromatic heterocycles. The molecule has 1 aromatic carbocycles. The number of nitrogens with zero attached hydrogens (tertiary/aromatic N) is 3. The topological polar surface area (TPSA) is 124 Å². The van der Waals surface area contributed by atoms with Crippen LogP contribution < -0.4 is 21.1 Å². The second-order valence-electron chi connectivity index (χ2n) is 11.5. The summed E-state index contributed by atoms with van der Waals surface area (Å²) in [6.07, 6.45) is 6.18. The molecule has 6 rings (SSSR count). The number of aromatic nitrogens is 2. The van der Waals surface area contributed by atoms with E-state index < -0.39 is 0 Å². The van der Waals surface area contributed by atoms with Crippen LogP contribution in [0.2, 0.25) is 0 Å². The maximum Gasteiger partial charge on any atom is 0.407 e. The number of hydrogen-bond donors (Lipinski definition) is 3. The van der Waals surface area contributed by atoms with Crippen molar-refractivity contribution >= 4 is 17.6 Å². The van der Waals surface area contributed by atoms with Gasteiger partial charge in [-0.15, -0.1) is 0 Å². The number of carbonyl (C=O) groups excluding carboxylic acids is 1. The van der Waals surface area contributed by atoms with E-state index in [1.807, 2.05) is 0 Å². The lowest BCUT2D eigenvalue weighted by Gasteiger charge is -2.39. The summed E-state index contributed by atoms with van der Waals surface area (Å²) in [5.74, 6) is 1.37. The highest BCUT2D eigenvalue weighted by molar-refractivity contribution is 5.82. The van der Waals surface area contributed by atoms with Crippen molar-refractivity contribution in [2.45, 2.75) is 69.6 Å². The minimum Gasteiger partial charge on any atom is -0.488 e. The van der Waals surface area contributed by atoms with Gasteiger partial charge in [0, 0.05) is 30.3 Å². The van der Waals surface area contributed by atoms with Crippen molar-refractivity contribution in [1.29, 1.82) is 0 Å². The van der Waals surface area contributed by atoms with E-state index in [4.69, 9.17) is 19.9 Å². The molecule has 2 aliphatic carbocycles. The van der Waals surface area contributed by atoms with E-state index in [0.29, 0.717) is 24.9 Å². The molecule has 0 spiro atoms. The number of ether oxygens (including phenoxy) is 3.